The van der Waals surface area contributed by atoms with Crippen molar-refractivity contribution in [3.8, 4) is 11.5 Å². The first-order valence-corrected chi connectivity index (χ1v) is 14.8. The zero-order valence-corrected chi connectivity index (χ0v) is 26.2. The number of piperidine rings is 1. The average molecular weight is 626 g/mol. The van der Waals surface area contributed by atoms with Crippen molar-refractivity contribution in [2.24, 2.45) is 0 Å². The molecule has 44 heavy (non-hydrogen) atoms. The maximum absolute atomic E-state index is 12.2. The molecule has 1 aliphatic heterocycles. The highest BCUT2D eigenvalue weighted by Gasteiger charge is 2.38. The minimum atomic E-state index is -5.08. The van der Waals surface area contributed by atoms with Crippen LogP contribution in [0.5, 0.6) is 11.5 Å². The number of ether oxygens (including phenoxy) is 3. The number of rotatable bonds is 6. The molecule has 0 spiro atoms. The Hall–Kier alpha value is -3.83. The summed E-state index contributed by atoms with van der Waals surface area (Å²) < 4.78 is 47.5. The summed E-state index contributed by atoms with van der Waals surface area (Å²) in [7, 11) is 3.35. The van der Waals surface area contributed by atoms with Crippen LogP contribution < -0.4 is 20.1 Å². The molecule has 1 aliphatic carbocycles. The second-order valence-electron chi connectivity index (χ2n) is 11.6. The number of hydrogen-bond donors (Lipinski definition) is 3. The number of nitrogens with zero attached hydrogens (tertiary/aromatic N) is 1. The summed E-state index contributed by atoms with van der Waals surface area (Å²) in [6, 6.07) is 16.9. The van der Waals surface area contributed by atoms with Crippen molar-refractivity contribution >= 4 is 23.4 Å². The van der Waals surface area contributed by atoms with Crippen LogP contribution in [0.4, 0.5) is 29.3 Å². The Kier molecular flexibility index (Phi) is 14.4. The molecule has 9 nitrogen and oxygen atoms in total. The molecule has 1 amide bonds. The number of alkyl halides is 3. The van der Waals surface area contributed by atoms with Crippen LogP contribution in [0.3, 0.4) is 0 Å². The van der Waals surface area contributed by atoms with Gasteiger partial charge in [-0.05, 0) is 95.0 Å². The fourth-order valence-corrected chi connectivity index (χ4v) is 4.68. The van der Waals surface area contributed by atoms with E-state index in [4.69, 9.17) is 24.1 Å². The van der Waals surface area contributed by atoms with Crippen LogP contribution in [0.2, 0.25) is 0 Å². The van der Waals surface area contributed by atoms with E-state index in [2.05, 4.69) is 22.8 Å². The lowest BCUT2D eigenvalue weighted by Gasteiger charge is -2.34. The SMILES string of the molecule is COc1ccc(NC2CCCCC2)cc1.COc1ccc(NC2CCCN(C(=O)OC(C)(C)C)C2)cc1.O=C(O)C(F)(F)F. The van der Waals surface area contributed by atoms with Gasteiger partial charge in [-0.1, -0.05) is 19.3 Å². The Morgan fingerprint density at radius 1 is 0.773 bits per heavy atom. The van der Waals surface area contributed by atoms with Crippen LogP contribution in [0.15, 0.2) is 48.5 Å². The van der Waals surface area contributed by atoms with Gasteiger partial charge in [-0.3, -0.25) is 0 Å². The first-order chi connectivity index (χ1) is 20.7. The van der Waals surface area contributed by atoms with Gasteiger partial charge in [-0.25, -0.2) is 9.59 Å². The molecule has 2 aromatic rings. The Balaban J connectivity index is 0.000000264. The summed E-state index contributed by atoms with van der Waals surface area (Å²) in [6.45, 7) is 7.10. The lowest BCUT2D eigenvalue weighted by Crippen LogP contribution is -2.46. The number of nitrogens with one attached hydrogen (secondary N) is 2. The van der Waals surface area contributed by atoms with E-state index in [0.717, 1.165) is 36.6 Å². The summed E-state index contributed by atoms with van der Waals surface area (Å²) in [4.78, 5) is 22.8. The number of hydrogen-bond acceptors (Lipinski definition) is 7. The van der Waals surface area contributed by atoms with Crippen molar-refractivity contribution < 1.29 is 42.1 Å². The van der Waals surface area contributed by atoms with E-state index >= 15 is 0 Å². The van der Waals surface area contributed by atoms with E-state index in [1.54, 1.807) is 19.1 Å². The fourth-order valence-electron chi connectivity index (χ4n) is 4.68. The number of carboxylic acids is 1. The van der Waals surface area contributed by atoms with Crippen LogP contribution in [0.25, 0.3) is 0 Å². The van der Waals surface area contributed by atoms with E-state index in [1.807, 2.05) is 57.2 Å². The van der Waals surface area contributed by atoms with Gasteiger partial charge in [-0.2, -0.15) is 13.2 Å². The van der Waals surface area contributed by atoms with Gasteiger partial charge >= 0.3 is 18.2 Å². The number of anilines is 2. The molecule has 0 bridgehead atoms. The number of carbonyl (C=O) groups is 2. The van der Waals surface area contributed by atoms with Crippen LogP contribution >= 0.6 is 0 Å². The van der Waals surface area contributed by atoms with E-state index < -0.39 is 17.7 Å². The predicted octanol–water partition coefficient (Wildman–Crippen LogP) is 7.58. The molecule has 1 atom stereocenters. The minimum absolute atomic E-state index is 0.228. The zero-order valence-electron chi connectivity index (χ0n) is 26.2. The van der Waals surface area contributed by atoms with Crippen LogP contribution in [-0.4, -0.2) is 73.2 Å². The highest BCUT2D eigenvalue weighted by Crippen LogP contribution is 2.23. The van der Waals surface area contributed by atoms with Crippen molar-refractivity contribution in [2.75, 3.05) is 37.9 Å². The zero-order chi connectivity index (χ0) is 32.8. The smallest absolute Gasteiger partial charge is 0.490 e. The number of carbonyl (C=O) groups excluding carboxylic acids is 1. The number of likely N-dealkylation sites (tertiary alicyclic amines) is 1. The van der Waals surface area contributed by atoms with Gasteiger partial charge < -0.3 is 34.9 Å². The van der Waals surface area contributed by atoms with E-state index in [1.165, 1.54) is 37.8 Å². The number of amides is 1. The van der Waals surface area contributed by atoms with Crippen molar-refractivity contribution in [1.82, 2.24) is 4.90 Å². The molecule has 1 unspecified atom stereocenters. The summed E-state index contributed by atoms with van der Waals surface area (Å²) in [5, 5.41) is 14.2. The number of methoxy groups -OCH3 is 2. The molecular weight excluding hydrogens is 579 g/mol. The van der Waals surface area contributed by atoms with Gasteiger partial charge in [0.05, 0.1) is 14.2 Å². The first-order valence-electron chi connectivity index (χ1n) is 14.8. The monoisotopic (exact) mass is 625 g/mol. The highest BCUT2D eigenvalue weighted by molar-refractivity contribution is 5.73. The summed E-state index contributed by atoms with van der Waals surface area (Å²) in [5.74, 6) is -0.999. The van der Waals surface area contributed by atoms with Gasteiger partial charge in [0.2, 0.25) is 0 Å². The normalized spacial score (nSPS) is 17.1. The maximum Gasteiger partial charge on any atom is 0.490 e. The third-order valence-corrected chi connectivity index (χ3v) is 6.84. The third kappa shape index (κ3) is 14.1. The van der Waals surface area contributed by atoms with Crippen molar-refractivity contribution in [2.45, 2.75) is 89.6 Å². The molecule has 1 saturated carbocycles. The van der Waals surface area contributed by atoms with Gasteiger partial charge in [0, 0.05) is 36.5 Å². The average Bonchev–Trinajstić information content (AvgIpc) is 2.98. The quantitative estimate of drug-likeness (QED) is 0.302. The largest absolute Gasteiger partial charge is 0.497 e. The number of halogens is 3. The van der Waals surface area contributed by atoms with Gasteiger partial charge in [-0.15, -0.1) is 0 Å². The Labute approximate surface area is 258 Å². The molecule has 1 saturated heterocycles. The maximum atomic E-state index is 12.2. The molecule has 2 aliphatic rings. The van der Waals surface area contributed by atoms with Crippen LogP contribution in [0, 0.1) is 0 Å². The molecule has 246 valence electrons. The topological polar surface area (TPSA) is 109 Å². The number of benzene rings is 2. The molecule has 1 heterocycles. The molecule has 2 aromatic carbocycles. The minimum Gasteiger partial charge on any atom is -0.497 e. The first kappa shape index (κ1) is 36.4. The molecular formula is C32H46F3N3O6. The van der Waals surface area contributed by atoms with Gasteiger partial charge in [0.25, 0.3) is 0 Å². The van der Waals surface area contributed by atoms with Crippen molar-refractivity contribution in [1.29, 1.82) is 0 Å². The Morgan fingerprint density at radius 2 is 1.20 bits per heavy atom. The predicted molar refractivity (Wildman–Crippen MR) is 165 cm³/mol. The third-order valence-electron chi connectivity index (χ3n) is 6.84. The van der Waals surface area contributed by atoms with E-state index in [-0.39, 0.29) is 12.1 Å². The Bertz CT molecular complexity index is 1130. The van der Waals surface area contributed by atoms with Gasteiger partial charge in [0.1, 0.15) is 17.1 Å². The lowest BCUT2D eigenvalue weighted by molar-refractivity contribution is -0.192. The van der Waals surface area contributed by atoms with Gasteiger partial charge in [0.15, 0.2) is 0 Å². The second kappa shape index (κ2) is 17.5. The number of carboxylic acid groups (broad SMARTS) is 1. The molecule has 2 fully saturated rings. The summed E-state index contributed by atoms with van der Waals surface area (Å²) in [6.07, 6.45) is 3.48. The molecule has 0 radical (unpaired) electrons. The molecule has 0 aromatic heterocycles. The summed E-state index contributed by atoms with van der Waals surface area (Å²) >= 11 is 0. The second-order valence-corrected chi connectivity index (χ2v) is 11.6. The lowest BCUT2D eigenvalue weighted by atomic mass is 9.95. The fraction of sp³-hybridized carbons (Fsp3) is 0.562. The molecule has 3 N–H and O–H groups in total. The standard InChI is InChI=1S/C17H26N2O3.C13H19NO.C2HF3O2/c1-17(2,3)22-16(20)19-11-5-6-14(12-19)18-13-7-9-15(21-4)10-8-13;1-15-13-9-7-12(8-10-13)14-11-5-3-2-4-6-11;3-2(4,5)1(6)7/h7-10,14,18H,5-6,11-12H2,1-4H3;7-11,14H,2-6H2,1H3;(H,6,7). The van der Waals surface area contributed by atoms with E-state index in [0.29, 0.717) is 12.6 Å². The number of aliphatic carboxylic acids is 1. The Morgan fingerprint density at radius 3 is 1.61 bits per heavy atom. The van der Waals surface area contributed by atoms with Crippen LogP contribution in [-0.2, 0) is 9.53 Å². The van der Waals surface area contributed by atoms with Crippen molar-refractivity contribution in [3.63, 3.8) is 0 Å². The molecule has 12 heteroatoms. The summed E-state index contributed by atoms with van der Waals surface area (Å²) in [5.41, 5.74) is 1.80. The highest BCUT2D eigenvalue weighted by atomic mass is 19.4. The molecule has 4 rings (SSSR count). The van der Waals surface area contributed by atoms with Crippen LogP contribution in [0.1, 0.15) is 65.7 Å². The van der Waals surface area contributed by atoms with Crippen molar-refractivity contribution in [3.05, 3.63) is 48.5 Å². The van der Waals surface area contributed by atoms with E-state index in [9.17, 15) is 18.0 Å².